The van der Waals surface area contributed by atoms with Crippen molar-refractivity contribution in [2.75, 3.05) is 6.61 Å². The highest BCUT2D eigenvalue weighted by molar-refractivity contribution is 5.04. The number of ether oxygens (including phenoxy) is 1. The molecular formula is C11H19N3O. The lowest BCUT2D eigenvalue weighted by molar-refractivity contribution is 0.116. The minimum Gasteiger partial charge on any atom is -0.378 e. The van der Waals surface area contributed by atoms with Gasteiger partial charge in [0.1, 0.15) is 12.2 Å². The summed E-state index contributed by atoms with van der Waals surface area (Å²) >= 11 is 0. The summed E-state index contributed by atoms with van der Waals surface area (Å²) in [5.41, 5.74) is 0.0428. The third-order valence-corrected chi connectivity index (χ3v) is 3.00. The molecule has 2 rings (SSSR count). The van der Waals surface area contributed by atoms with Gasteiger partial charge in [-0.1, -0.05) is 0 Å². The fourth-order valence-corrected chi connectivity index (χ4v) is 2.08. The van der Waals surface area contributed by atoms with E-state index in [-0.39, 0.29) is 11.6 Å². The Balaban J connectivity index is 2.32. The molecule has 2 atom stereocenters. The van der Waals surface area contributed by atoms with Crippen LogP contribution < -0.4 is 0 Å². The van der Waals surface area contributed by atoms with Gasteiger partial charge >= 0.3 is 0 Å². The van der Waals surface area contributed by atoms with Gasteiger partial charge in [-0.3, -0.25) is 0 Å². The van der Waals surface area contributed by atoms with Gasteiger partial charge in [-0.15, -0.1) is 10.2 Å². The SMILES string of the molecule is CC1OCCC1c1nncn1C(C)(C)C. The quantitative estimate of drug-likeness (QED) is 0.709. The first-order valence-electron chi connectivity index (χ1n) is 5.52. The molecule has 84 valence electrons. The van der Waals surface area contributed by atoms with Crippen LogP contribution in [-0.2, 0) is 10.3 Å². The zero-order valence-electron chi connectivity index (χ0n) is 9.90. The molecule has 0 aliphatic carbocycles. The van der Waals surface area contributed by atoms with Gasteiger partial charge in [0, 0.05) is 18.1 Å². The second kappa shape index (κ2) is 3.59. The van der Waals surface area contributed by atoms with E-state index in [1.54, 1.807) is 0 Å². The molecule has 0 spiro atoms. The van der Waals surface area contributed by atoms with Crippen LogP contribution in [0.1, 0.15) is 45.9 Å². The van der Waals surface area contributed by atoms with Crippen molar-refractivity contribution in [1.82, 2.24) is 14.8 Å². The third-order valence-electron chi connectivity index (χ3n) is 3.00. The Morgan fingerprint density at radius 3 is 2.73 bits per heavy atom. The zero-order chi connectivity index (χ0) is 11.1. The maximum absolute atomic E-state index is 5.58. The molecule has 4 nitrogen and oxygen atoms in total. The summed E-state index contributed by atoms with van der Waals surface area (Å²) in [4.78, 5) is 0. The second-order valence-corrected chi connectivity index (χ2v) is 5.20. The van der Waals surface area contributed by atoms with Crippen molar-refractivity contribution >= 4 is 0 Å². The number of nitrogens with zero attached hydrogens (tertiary/aromatic N) is 3. The molecule has 0 saturated carbocycles. The Kier molecular flexibility index (Phi) is 2.54. The van der Waals surface area contributed by atoms with Crippen LogP contribution in [0, 0.1) is 0 Å². The normalized spacial score (nSPS) is 27.2. The van der Waals surface area contributed by atoms with E-state index in [0.29, 0.717) is 5.92 Å². The second-order valence-electron chi connectivity index (χ2n) is 5.20. The van der Waals surface area contributed by atoms with Gasteiger partial charge in [-0.25, -0.2) is 0 Å². The summed E-state index contributed by atoms with van der Waals surface area (Å²) < 4.78 is 7.73. The Morgan fingerprint density at radius 1 is 1.47 bits per heavy atom. The number of hydrogen-bond donors (Lipinski definition) is 0. The fourth-order valence-electron chi connectivity index (χ4n) is 2.08. The molecule has 0 amide bonds. The molecular weight excluding hydrogens is 190 g/mol. The summed E-state index contributed by atoms with van der Waals surface area (Å²) in [6, 6.07) is 0. The lowest BCUT2D eigenvalue weighted by Gasteiger charge is -2.25. The van der Waals surface area contributed by atoms with Crippen LogP contribution in [0.15, 0.2) is 6.33 Å². The van der Waals surface area contributed by atoms with E-state index in [1.807, 2.05) is 6.33 Å². The zero-order valence-corrected chi connectivity index (χ0v) is 9.90. The molecule has 1 aliphatic heterocycles. The van der Waals surface area contributed by atoms with Crippen LogP contribution in [0.2, 0.25) is 0 Å². The minimum atomic E-state index is 0.0428. The van der Waals surface area contributed by atoms with Gasteiger partial charge in [0.2, 0.25) is 0 Å². The highest BCUT2D eigenvalue weighted by Gasteiger charge is 2.32. The topological polar surface area (TPSA) is 39.9 Å². The van der Waals surface area contributed by atoms with E-state index in [2.05, 4.69) is 42.5 Å². The van der Waals surface area contributed by atoms with Gasteiger partial charge in [0.25, 0.3) is 0 Å². The maximum atomic E-state index is 5.58. The average Bonchev–Trinajstić information content (AvgIpc) is 2.69. The van der Waals surface area contributed by atoms with Crippen LogP contribution in [0.3, 0.4) is 0 Å². The molecule has 15 heavy (non-hydrogen) atoms. The smallest absolute Gasteiger partial charge is 0.139 e. The molecule has 1 aliphatic rings. The van der Waals surface area contributed by atoms with Crippen LogP contribution in [-0.4, -0.2) is 27.5 Å². The predicted molar refractivity (Wildman–Crippen MR) is 57.8 cm³/mol. The summed E-state index contributed by atoms with van der Waals surface area (Å²) in [7, 11) is 0. The van der Waals surface area contributed by atoms with Crippen LogP contribution >= 0.6 is 0 Å². The fraction of sp³-hybridized carbons (Fsp3) is 0.818. The summed E-state index contributed by atoms with van der Waals surface area (Å²) in [6.45, 7) is 9.45. The molecule has 1 saturated heterocycles. The van der Waals surface area contributed by atoms with Gasteiger partial charge in [0.15, 0.2) is 0 Å². The molecule has 1 fully saturated rings. The van der Waals surface area contributed by atoms with Crippen LogP contribution in [0.25, 0.3) is 0 Å². The lowest BCUT2D eigenvalue weighted by atomic mass is 10.00. The van der Waals surface area contributed by atoms with Gasteiger partial charge in [-0.2, -0.15) is 0 Å². The van der Waals surface area contributed by atoms with Gasteiger partial charge in [-0.05, 0) is 34.1 Å². The summed E-state index contributed by atoms with van der Waals surface area (Å²) in [6.07, 6.45) is 3.13. The molecule has 0 aromatic carbocycles. The molecule has 0 radical (unpaired) electrons. The number of rotatable bonds is 1. The minimum absolute atomic E-state index is 0.0428. The van der Waals surface area contributed by atoms with Crippen molar-refractivity contribution in [2.45, 2.75) is 51.7 Å². The molecule has 2 unspecified atom stereocenters. The number of hydrogen-bond acceptors (Lipinski definition) is 3. The van der Waals surface area contributed by atoms with E-state index in [0.717, 1.165) is 18.9 Å². The lowest BCUT2D eigenvalue weighted by Crippen LogP contribution is -2.26. The molecule has 0 bridgehead atoms. The van der Waals surface area contributed by atoms with E-state index in [4.69, 9.17) is 4.74 Å². The van der Waals surface area contributed by atoms with Crippen LogP contribution in [0.5, 0.6) is 0 Å². The highest BCUT2D eigenvalue weighted by atomic mass is 16.5. The molecule has 0 N–H and O–H groups in total. The van der Waals surface area contributed by atoms with E-state index >= 15 is 0 Å². The van der Waals surface area contributed by atoms with Crippen molar-refractivity contribution in [3.63, 3.8) is 0 Å². The van der Waals surface area contributed by atoms with Crippen LogP contribution in [0.4, 0.5) is 0 Å². The first-order valence-corrected chi connectivity index (χ1v) is 5.52. The first-order chi connectivity index (χ1) is 7.00. The molecule has 2 heterocycles. The van der Waals surface area contributed by atoms with Crippen molar-refractivity contribution in [1.29, 1.82) is 0 Å². The van der Waals surface area contributed by atoms with E-state index in [9.17, 15) is 0 Å². The summed E-state index contributed by atoms with van der Waals surface area (Å²) in [5.74, 6) is 1.46. The monoisotopic (exact) mass is 209 g/mol. The van der Waals surface area contributed by atoms with E-state index < -0.39 is 0 Å². The summed E-state index contributed by atoms with van der Waals surface area (Å²) in [5, 5.41) is 8.27. The molecule has 1 aromatic rings. The Hall–Kier alpha value is -0.900. The largest absolute Gasteiger partial charge is 0.378 e. The molecule has 1 aromatic heterocycles. The first kappa shape index (κ1) is 10.6. The Bertz CT molecular complexity index is 340. The predicted octanol–water partition coefficient (Wildman–Crippen LogP) is 1.93. The molecule has 4 heteroatoms. The maximum Gasteiger partial charge on any atom is 0.139 e. The number of aromatic nitrogens is 3. The van der Waals surface area contributed by atoms with Crippen molar-refractivity contribution < 1.29 is 4.74 Å². The Morgan fingerprint density at radius 2 is 2.20 bits per heavy atom. The standard InChI is InChI=1S/C11H19N3O/c1-8-9(5-6-15-8)10-13-12-7-14(10)11(2,3)4/h7-9H,5-6H2,1-4H3. The average molecular weight is 209 g/mol. The van der Waals surface area contributed by atoms with Gasteiger partial charge < -0.3 is 9.30 Å². The van der Waals surface area contributed by atoms with Gasteiger partial charge in [0.05, 0.1) is 6.10 Å². The highest BCUT2D eigenvalue weighted by Crippen LogP contribution is 2.31. The van der Waals surface area contributed by atoms with E-state index in [1.165, 1.54) is 0 Å². The Labute approximate surface area is 90.7 Å². The van der Waals surface area contributed by atoms with Crippen molar-refractivity contribution in [2.24, 2.45) is 0 Å². The van der Waals surface area contributed by atoms with Crippen molar-refractivity contribution in [3.8, 4) is 0 Å². The van der Waals surface area contributed by atoms with Crippen molar-refractivity contribution in [3.05, 3.63) is 12.2 Å². The third kappa shape index (κ3) is 1.91.